The summed E-state index contributed by atoms with van der Waals surface area (Å²) < 4.78 is 1.82. The molecule has 0 aromatic rings. The Bertz CT molecular complexity index is 123. The zero-order valence-electron chi connectivity index (χ0n) is 9.68. The summed E-state index contributed by atoms with van der Waals surface area (Å²) in [5.74, 6) is 1.45. The van der Waals surface area contributed by atoms with Crippen LogP contribution in [0.5, 0.6) is 0 Å². The molecule has 0 amide bonds. The van der Waals surface area contributed by atoms with Crippen molar-refractivity contribution in [3.05, 3.63) is 0 Å². The first-order valence-corrected chi connectivity index (χ1v) is 5.73. The van der Waals surface area contributed by atoms with E-state index in [2.05, 4.69) is 27.7 Å². The summed E-state index contributed by atoms with van der Waals surface area (Å²) in [5, 5.41) is 0. The van der Waals surface area contributed by atoms with Crippen LogP contribution in [0.3, 0.4) is 0 Å². The van der Waals surface area contributed by atoms with E-state index in [1.807, 2.05) is 11.5 Å². The molecule has 2 atom stereocenters. The molecule has 0 rings (SSSR count). The predicted molar refractivity (Wildman–Crippen MR) is 60.9 cm³/mol. The van der Waals surface area contributed by atoms with Gasteiger partial charge in [0.05, 0.1) is 0 Å². The van der Waals surface area contributed by atoms with Gasteiger partial charge in [-0.05, 0) is 37.0 Å². The van der Waals surface area contributed by atoms with Crippen LogP contribution in [0.15, 0.2) is 0 Å². The first-order chi connectivity index (χ1) is 6.00. The highest BCUT2D eigenvalue weighted by molar-refractivity contribution is 6.13. The second kappa shape index (κ2) is 6.67. The molecule has 2 heteroatoms. The minimum atomic E-state index is 0.480. The second-order valence-corrected chi connectivity index (χ2v) is 4.85. The minimum Gasteiger partial charge on any atom is -0.220 e. The van der Waals surface area contributed by atoms with Gasteiger partial charge in [-0.15, -0.1) is 0 Å². The maximum absolute atomic E-state index is 5.98. The Labute approximate surface area is 88.6 Å². The maximum Gasteiger partial charge on any atom is 0.0250 e. The first kappa shape index (κ1) is 13.2. The molecule has 0 saturated heterocycles. The molecule has 80 valence electrons. The Morgan fingerprint density at radius 1 is 1.23 bits per heavy atom. The third kappa shape index (κ3) is 4.87. The van der Waals surface area contributed by atoms with Crippen LogP contribution in [-0.4, -0.2) is 17.5 Å². The van der Waals surface area contributed by atoms with E-state index in [0.717, 1.165) is 11.8 Å². The van der Waals surface area contributed by atoms with Gasteiger partial charge in [0.2, 0.25) is 0 Å². The molecule has 0 bridgehead atoms. The molecule has 0 aromatic heterocycles. The van der Waals surface area contributed by atoms with Gasteiger partial charge < -0.3 is 0 Å². The highest BCUT2D eigenvalue weighted by Crippen LogP contribution is 2.25. The van der Waals surface area contributed by atoms with Crippen molar-refractivity contribution in [1.82, 2.24) is 4.42 Å². The van der Waals surface area contributed by atoms with E-state index in [1.54, 1.807) is 0 Å². The van der Waals surface area contributed by atoms with Gasteiger partial charge in [0.1, 0.15) is 0 Å². The molecule has 0 saturated carbocycles. The fourth-order valence-electron chi connectivity index (χ4n) is 1.84. The van der Waals surface area contributed by atoms with Crippen LogP contribution >= 0.6 is 11.8 Å². The molecule has 0 fully saturated rings. The summed E-state index contributed by atoms with van der Waals surface area (Å²) in [6.07, 6.45) is 3.90. The van der Waals surface area contributed by atoms with E-state index in [-0.39, 0.29) is 0 Å². The summed E-state index contributed by atoms with van der Waals surface area (Å²) in [6.45, 7) is 9.04. The highest BCUT2D eigenvalue weighted by atomic mass is 35.5. The van der Waals surface area contributed by atoms with Crippen LogP contribution in [0.4, 0.5) is 0 Å². The fraction of sp³-hybridized carbons (Fsp3) is 1.00. The van der Waals surface area contributed by atoms with Crippen molar-refractivity contribution >= 4 is 11.8 Å². The lowest BCUT2D eigenvalue weighted by Gasteiger charge is -2.30. The number of nitrogens with zero attached hydrogens (tertiary/aromatic N) is 1. The molecule has 0 spiro atoms. The lowest BCUT2D eigenvalue weighted by Crippen LogP contribution is -2.32. The van der Waals surface area contributed by atoms with Crippen molar-refractivity contribution in [2.75, 3.05) is 7.05 Å². The average molecular weight is 206 g/mol. The van der Waals surface area contributed by atoms with Gasteiger partial charge in [-0.2, -0.15) is 0 Å². The number of rotatable bonds is 6. The summed E-state index contributed by atoms with van der Waals surface area (Å²) in [5.41, 5.74) is 0. The van der Waals surface area contributed by atoms with Crippen molar-refractivity contribution < 1.29 is 0 Å². The van der Waals surface area contributed by atoms with E-state index in [4.69, 9.17) is 11.8 Å². The van der Waals surface area contributed by atoms with Crippen LogP contribution in [-0.2, 0) is 0 Å². The fourth-order valence-corrected chi connectivity index (χ4v) is 1.98. The monoisotopic (exact) mass is 205 g/mol. The summed E-state index contributed by atoms with van der Waals surface area (Å²) >= 11 is 5.98. The smallest absolute Gasteiger partial charge is 0.0250 e. The van der Waals surface area contributed by atoms with Gasteiger partial charge in [-0.3, -0.25) is 0 Å². The molecule has 0 aliphatic carbocycles. The summed E-state index contributed by atoms with van der Waals surface area (Å²) in [7, 11) is 1.95. The Morgan fingerprint density at radius 3 is 2.08 bits per heavy atom. The van der Waals surface area contributed by atoms with Crippen LogP contribution in [0.2, 0.25) is 0 Å². The van der Waals surface area contributed by atoms with Gasteiger partial charge in [-0.25, -0.2) is 4.42 Å². The average Bonchev–Trinajstić information content (AvgIpc) is 2.04. The lowest BCUT2D eigenvalue weighted by molar-refractivity contribution is 0.218. The zero-order chi connectivity index (χ0) is 10.4. The van der Waals surface area contributed by atoms with E-state index < -0.39 is 0 Å². The molecular formula is C11H24ClN. The van der Waals surface area contributed by atoms with Crippen LogP contribution in [0.1, 0.15) is 47.0 Å². The van der Waals surface area contributed by atoms with Crippen LogP contribution in [0, 0.1) is 11.8 Å². The maximum atomic E-state index is 5.98. The van der Waals surface area contributed by atoms with Crippen molar-refractivity contribution in [1.29, 1.82) is 0 Å². The summed E-state index contributed by atoms with van der Waals surface area (Å²) in [6, 6.07) is 0.480. The number of hydrogen-bond acceptors (Lipinski definition) is 1. The number of halogens is 1. The Balaban J connectivity index is 4.07. The molecule has 0 radical (unpaired) electrons. The number of hydrogen-bond donors (Lipinski definition) is 0. The van der Waals surface area contributed by atoms with Crippen LogP contribution in [0.25, 0.3) is 0 Å². The Hall–Kier alpha value is 0.250. The standard InChI is InChI=1S/C11H24ClN/c1-6-7-8-11(9(2)3)10(4)13(5)12/h9-11H,6-8H2,1-5H3. The van der Waals surface area contributed by atoms with Gasteiger partial charge in [0.15, 0.2) is 0 Å². The van der Waals surface area contributed by atoms with Gasteiger partial charge in [0, 0.05) is 13.1 Å². The molecule has 0 aromatic carbocycles. The lowest BCUT2D eigenvalue weighted by atomic mass is 9.85. The Kier molecular flexibility index (Phi) is 6.79. The van der Waals surface area contributed by atoms with Gasteiger partial charge >= 0.3 is 0 Å². The van der Waals surface area contributed by atoms with E-state index in [9.17, 15) is 0 Å². The molecular weight excluding hydrogens is 182 g/mol. The minimum absolute atomic E-state index is 0.480. The van der Waals surface area contributed by atoms with Crippen molar-refractivity contribution in [3.63, 3.8) is 0 Å². The third-order valence-corrected chi connectivity index (χ3v) is 3.24. The number of unbranched alkanes of at least 4 members (excludes halogenated alkanes) is 1. The first-order valence-electron chi connectivity index (χ1n) is 5.39. The second-order valence-electron chi connectivity index (χ2n) is 4.32. The van der Waals surface area contributed by atoms with E-state index >= 15 is 0 Å². The quantitative estimate of drug-likeness (QED) is 0.595. The SMILES string of the molecule is CCCCC(C(C)C)C(C)N(C)Cl. The van der Waals surface area contributed by atoms with Crippen LogP contribution < -0.4 is 0 Å². The molecule has 0 aliphatic heterocycles. The molecule has 2 unspecified atom stereocenters. The third-order valence-electron chi connectivity index (χ3n) is 2.93. The Morgan fingerprint density at radius 2 is 1.77 bits per heavy atom. The zero-order valence-corrected chi connectivity index (χ0v) is 10.4. The molecule has 13 heavy (non-hydrogen) atoms. The van der Waals surface area contributed by atoms with Crippen molar-refractivity contribution in [3.8, 4) is 0 Å². The molecule has 1 nitrogen and oxygen atoms in total. The normalized spacial score (nSPS) is 16.6. The highest BCUT2D eigenvalue weighted by Gasteiger charge is 2.22. The molecule has 0 heterocycles. The topological polar surface area (TPSA) is 3.24 Å². The van der Waals surface area contributed by atoms with E-state index in [0.29, 0.717) is 6.04 Å². The molecule has 0 aliphatic rings. The van der Waals surface area contributed by atoms with Gasteiger partial charge in [-0.1, -0.05) is 33.6 Å². The van der Waals surface area contributed by atoms with Crippen molar-refractivity contribution in [2.24, 2.45) is 11.8 Å². The van der Waals surface area contributed by atoms with E-state index in [1.165, 1.54) is 19.3 Å². The predicted octanol–water partition coefficient (Wildman–Crippen LogP) is 3.92. The van der Waals surface area contributed by atoms with Crippen molar-refractivity contribution in [2.45, 2.75) is 53.0 Å². The largest absolute Gasteiger partial charge is 0.220 e. The van der Waals surface area contributed by atoms with Gasteiger partial charge in [0.25, 0.3) is 0 Å². The molecule has 0 N–H and O–H groups in total. The summed E-state index contributed by atoms with van der Waals surface area (Å²) in [4.78, 5) is 0.